The molecule has 0 spiro atoms. The maximum Gasteiger partial charge on any atom is 0.307 e. The molecule has 1 aliphatic carbocycles. The highest BCUT2D eigenvalue weighted by Crippen LogP contribution is 2.59. The van der Waals surface area contributed by atoms with E-state index >= 15 is 0 Å². The van der Waals surface area contributed by atoms with Crippen molar-refractivity contribution in [2.45, 2.75) is 20.3 Å². The molecule has 0 aromatic heterocycles. The highest BCUT2D eigenvalue weighted by Gasteiger charge is 2.66. The fraction of sp³-hybridized carbons (Fsp3) is 0.867. The number of carbonyl (C=O) groups excluding carboxylic acids is 1. The molecule has 1 saturated carbocycles. The third kappa shape index (κ3) is 4.41. The van der Waals surface area contributed by atoms with Crippen LogP contribution in [0.15, 0.2) is 0 Å². The Morgan fingerprint density at radius 2 is 1.76 bits per heavy atom. The van der Waals surface area contributed by atoms with Gasteiger partial charge in [-0.25, -0.2) is 0 Å². The maximum atomic E-state index is 12.6. The van der Waals surface area contributed by atoms with Gasteiger partial charge in [-0.2, -0.15) is 0 Å². The molecule has 0 radical (unpaired) electrons. The van der Waals surface area contributed by atoms with Crippen molar-refractivity contribution in [3.63, 3.8) is 0 Å². The van der Waals surface area contributed by atoms with Gasteiger partial charge >= 0.3 is 5.97 Å². The second-order valence-electron chi connectivity index (χ2n) is 6.59. The lowest BCUT2D eigenvalue weighted by atomic mass is 10.1. The number of hydrogen-bond acceptors (Lipinski definition) is 4. The summed E-state index contributed by atoms with van der Waals surface area (Å²) in [5, 5.41) is 9.21. The number of carbonyl (C=O) groups is 2. The molecule has 0 saturated heterocycles. The minimum atomic E-state index is -0.877. The van der Waals surface area contributed by atoms with E-state index in [1.807, 2.05) is 27.9 Å². The first-order valence-corrected chi connectivity index (χ1v) is 7.38. The summed E-state index contributed by atoms with van der Waals surface area (Å²) >= 11 is 0. The molecule has 1 amide bonds. The number of nitrogens with zero attached hydrogens (tertiary/aromatic N) is 2. The van der Waals surface area contributed by atoms with E-state index in [1.54, 1.807) is 12.0 Å². The largest absolute Gasteiger partial charge is 0.481 e. The molecular formula is C15H28N2O4. The molecule has 0 aliphatic heterocycles. The topological polar surface area (TPSA) is 70.1 Å². The van der Waals surface area contributed by atoms with E-state index in [9.17, 15) is 14.7 Å². The van der Waals surface area contributed by atoms with E-state index in [-0.39, 0.29) is 5.91 Å². The van der Waals surface area contributed by atoms with Crippen LogP contribution in [-0.4, -0.2) is 74.2 Å². The Bertz CT molecular complexity index is 382. The average Bonchev–Trinajstić information content (AvgIpc) is 2.95. The van der Waals surface area contributed by atoms with Crippen LogP contribution in [0.3, 0.4) is 0 Å². The SMILES string of the molecule is COCCN(CCCN(C)C)C(=O)C1C(C(=O)O)C1(C)C. The second kappa shape index (κ2) is 7.22. The predicted molar refractivity (Wildman–Crippen MR) is 80.0 cm³/mol. The second-order valence-corrected chi connectivity index (χ2v) is 6.59. The normalized spacial score (nSPS) is 23.1. The van der Waals surface area contributed by atoms with Crippen molar-refractivity contribution < 1.29 is 19.4 Å². The van der Waals surface area contributed by atoms with Crippen LogP contribution in [0.4, 0.5) is 0 Å². The summed E-state index contributed by atoms with van der Waals surface area (Å²) in [5.74, 6) is -1.91. The van der Waals surface area contributed by atoms with Gasteiger partial charge in [0.25, 0.3) is 0 Å². The Balaban J connectivity index is 2.65. The fourth-order valence-corrected chi connectivity index (χ4v) is 2.87. The van der Waals surface area contributed by atoms with Crippen molar-refractivity contribution in [3.8, 4) is 0 Å². The molecule has 0 heterocycles. The molecule has 1 fully saturated rings. The first kappa shape index (κ1) is 17.9. The van der Waals surface area contributed by atoms with Crippen LogP contribution >= 0.6 is 0 Å². The summed E-state index contributed by atoms with van der Waals surface area (Å²) in [6, 6.07) is 0. The van der Waals surface area contributed by atoms with Crippen molar-refractivity contribution >= 4 is 11.9 Å². The molecule has 1 N–H and O–H groups in total. The number of rotatable bonds is 9. The van der Waals surface area contributed by atoms with Gasteiger partial charge in [0.05, 0.1) is 18.4 Å². The Morgan fingerprint density at radius 1 is 1.14 bits per heavy atom. The third-order valence-corrected chi connectivity index (χ3v) is 4.27. The highest BCUT2D eigenvalue weighted by atomic mass is 16.5. The van der Waals surface area contributed by atoms with Gasteiger partial charge in [0.1, 0.15) is 0 Å². The lowest BCUT2D eigenvalue weighted by Gasteiger charge is -2.24. The summed E-state index contributed by atoms with van der Waals surface area (Å²) in [5.41, 5.74) is -0.449. The number of amides is 1. The predicted octanol–water partition coefficient (Wildman–Crippen LogP) is 0.770. The van der Waals surface area contributed by atoms with Gasteiger partial charge in [-0.05, 0) is 32.5 Å². The summed E-state index contributed by atoms with van der Waals surface area (Å²) in [7, 11) is 5.58. The van der Waals surface area contributed by atoms with Gasteiger partial charge in [0.15, 0.2) is 0 Å². The van der Waals surface area contributed by atoms with Crippen LogP contribution in [0.25, 0.3) is 0 Å². The third-order valence-electron chi connectivity index (χ3n) is 4.27. The van der Waals surface area contributed by atoms with Crippen LogP contribution in [-0.2, 0) is 14.3 Å². The number of ether oxygens (including phenoxy) is 1. The monoisotopic (exact) mass is 300 g/mol. The van der Waals surface area contributed by atoms with Crippen molar-refractivity contribution in [1.82, 2.24) is 9.80 Å². The Labute approximate surface area is 127 Å². The van der Waals surface area contributed by atoms with Crippen LogP contribution in [0, 0.1) is 17.3 Å². The van der Waals surface area contributed by atoms with Gasteiger partial charge in [-0.15, -0.1) is 0 Å². The zero-order valence-electron chi connectivity index (χ0n) is 13.8. The minimum Gasteiger partial charge on any atom is -0.481 e. The highest BCUT2D eigenvalue weighted by molar-refractivity contribution is 5.91. The molecule has 1 aliphatic rings. The standard InChI is InChI=1S/C15H28N2O4/c1-15(2)11(12(15)14(19)20)13(18)17(9-10-21-5)8-6-7-16(3)4/h11-12H,6-10H2,1-5H3,(H,19,20). The Hall–Kier alpha value is -1.14. The molecule has 6 nitrogen and oxygen atoms in total. The van der Waals surface area contributed by atoms with Crippen molar-refractivity contribution in [1.29, 1.82) is 0 Å². The summed E-state index contributed by atoms with van der Waals surface area (Å²) in [6.07, 6.45) is 0.868. The van der Waals surface area contributed by atoms with Crippen molar-refractivity contribution in [2.24, 2.45) is 17.3 Å². The summed E-state index contributed by atoms with van der Waals surface area (Å²) in [4.78, 5) is 27.7. The molecule has 1 rings (SSSR count). The summed E-state index contributed by atoms with van der Waals surface area (Å²) < 4.78 is 5.06. The molecule has 2 atom stereocenters. The smallest absolute Gasteiger partial charge is 0.307 e. The van der Waals surface area contributed by atoms with E-state index in [4.69, 9.17) is 4.74 Å². The molecule has 0 aromatic rings. The van der Waals surface area contributed by atoms with Crippen LogP contribution in [0.1, 0.15) is 20.3 Å². The fourth-order valence-electron chi connectivity index (χ4n) is 2.87. The molecule has 2 unspecified atom stereocenters. The Morgan fingerprint density at radius 3 is 2.19 bits per heavy atom. The van der Waals surface area contributed by atoms with Crippen LogP contribution in [0.2, 0.25) is 0 Å². The van der Waals surface area contributed by atoms with E-state index in [0.717, 1.165) is 13.0 Å². The van der Waals surface area contributed by atoms with E-state index < -0.39 is 23.2 Å². The number of aliphatic carboxylic acids is 1. The number of methoxy groups -OCH3 is 1. The van der Waals surface area contributed by atoms with Crippen molar-refractivity contribution in [3.05, 3.63) is 0 Å². The molecule has 6 heteroatoms. The van der Waals surface area contributed by atoms with Gasteiger partial charge in [0.2, 0.25) is 5.91 Å². The minimum absolute atomic E-state index is 0.0526. The molecular weight excluding hydrogens is 272 g/mol. The maximum absolute atomic E-state index is 12.6. The Kier molecular flexibility index (Phi) is 6.16. The number of hydrogen-bond donors (Lipinski definition) is 1. The van der Waals surface area contributed by atoms with Crippen molar-refractivity contribution in [2.75, 3.05) is 47.4 Å². The number of carboxylic acid groups (broad SMARTS) is 1. The first-order chi connectivity index (χ1) is 9.73. The van der Waals surface area contributed by atoms with Gasteiger partial charge in [-0.3, -0.25) is 9.59 Å². The van der Waals surface area contributed by atoms with Gasteiger partial charge in [0, 0.05) is 20.2 Å². The van der Waals surface area contributed by atoms with Gasteiger partial charge in [-0.1, -0.05) is 13.8 Å². The lowest BCUT2D eigenvalue weighted by Crippen LogP contribution is -2.38. The molecule has 0 bridgehead atoms. The molecule has 0 aromatic carbocycles. The lowest BCUT2D eigenvalue weighted by molar-refractivity contribution is -0.142. The summed E-state index contributed by atoms with van der Waals surface area (Å²) in [6.45, 7) is 6.22. The van der Waals surface area contributed by atoms with Crippen LogP contribution < -0.4 is 0 Å². The van der Waals surface area contributed by atoms with Gasteiger partial charge < -0.3 is 19.6 Å². The average molecular weight is 300 g/mol. The molecule has 122 valence electrons. The molecule has 21 heavy (non-hydrogen) atoms. The quantitative estimate of drug-likeness (QED) is 0.681. The van der Waals surface area contributed by atoms with E-state index in [0.29, 0.717) is 19.7 Å². The number of carboxylic acids is 1. The van der Waals surface area contributed by atoms with Crippen LogP contribution in [0.5, 0.6) is 0 Å². The van der Waals surface area contributed by atoms with E-state index in [1.165, 1.54) is 0 Å². The zero-order chi connectivity index (χ0) is 16.2. The van der Waals surface area contributed by atoms with E-state index in [2.05, 4.69) is 4.90 Å². The zero-order valence-corrected chi connectivity index (χ0v) is 13.8. The first-order valence-electron chi connectivity index (χ1n) is 7.38.